The third-order valence-corrected chi connectivity index (χ3v) is 9.91. The molecule has 1 aromatic heterocycles. The number of esters is 1. The van der Waals surface area contributed by atoms with Crippen LogP contribution in [0.15, 0.2) is 96.4 Å². The second kappa shape index (κ2) is 20.4. The lowest BCUT2D eigenvalue weighted by Crippen LogP contribution is -2.34. The fourth-order valence-corrected chi connectivity index (χ4v) is 6.69. The molecule has 5 rings (SSSR count). The van der Waals surface area contributed by atoms with Crippen LogP contribution in [0.5, 0.6) is 17.2 Å². The molecule has 14 heteroatoms. The molecule has 12 nitrogen and oxygen atoms in total. The minimum atomic E-state index is -0.559. The second-order valence-electron chi connectivity index (χ2n) is 12.5. The van der Waals surface area contributed by atoms with Crippen molar-refractivity contribution in [3.05, 3.63) is 123 Å². The first kappa shape index (κ1) is 40.9. The highest BCUT2D eigenvalue weighted by Gasteiger charge is 2.19. The summed E-state index contributed by atoms with van der Waals surface area (Å²) < 4.78 is 28.0. The Morgan fingerprint density at radius 2 is 1.67 bits per heavy atom. The Kier molecular flexibility index (Phi) is 15.2. The Labute approximate surface area is 329 Å². The van der Waals surface area contributed by atoms with Gasteiger partial charge in [-0.15, -0.1) is 11.3 Å². The summed E-state index contributed by atoms with van der Waals surface area (Å²) in [4.78, 5) is 29.1. The van der Waals surface area contributed by atoms with E-state index in [2.05, 4.69) is 21.6 Å². The van der Waals surface area contributed by atoms with Crippen molar-refractivity contribution >= 4 is 46.2 Å². The summed E-state index contributed by atoms with van der Waals surface area (Å²) in [5.41, 5.74) is 6.32. The molecule has 0 fully saturated rings. The fourth-order valence-electron chi connectivity index (χ4n) is 5.60. The summed E-state index contributed by atoms with van der Waals surface area (Å²) in [6.45, 7) is 1.74. The lowest BCUT2D eigenvalue weighted by atomic mass is 10.0. The van der Waals surface area contributed by atoms with Crippen molar-refractivity contribution in [2.75, 3.05) is 72.0 Å². The van der Waals surface area contributed by atoms with Crippen LogP contribution in [-0.4, -0.2) is 83.2 Å². The van der Waals surface area contributed by atoms with Crippen molar-refractivity contribution < 1.29 is 38.5 Å². The molecule has 0 aliphatic carbocycles. The molecule has 0 saturated carbocycles. The highest BCUT2D eigenvalue weighted by atomic mass is 35.5. The van der Waals surface area contributed by atoms with E-state index in [0.717, 1.165) is 16.7 Å². The number of thiophene rings is 1. The molecule has 1 atom stereocenters. The fraction of sp³-hybridized carbons (Fsp3) is 0.268. The number of rotatable bonds is 20. The van der Waals surface area contributed by atoms with E-state index in [1.807, 2.05) is 73.5 Å². The Morgan fingerprint density at radius 3 is 2.38 bits per heavy atom. The molecule has 5 aromatic rings. The lowest BCUT2D eigenvalue weighted by molar-refractivity contribution is 0.0451. The molecule has 0 bridgehead atoms. The van der Waals surface area contributed by atoms with Crippen LogP contribution < -0.4 is 30.3 Å². The number of hydrogen-bond acceptors (Lipinski definition) is 12. The van der Waals surface area contributed by atoms with Gasteiger partial charge in [0.1, 0.15) is 25.6 Å². The average Bonchev–Trinajstić information content (AvgIpc) is 3.74. The number of likely N-dealkylation sites (N-methyl/N-ethyl adjacent to an activating group) is 1. The first-order valence-corrected chi connectivity index (χ1v) is 18.7. The Morgan fingerprint density at radius 1 is 0.873 bits per heavy atom. The molecule has 55 heavy (non-hydrogen) atoms. The van der Waals surface area contributed by atoms with E-state index in [0.29, 0.717) is 58.9 Å². The highest BCUT2D eigenvalue weighted by molar-refractivity contribution is 7.10. The first-order valence-electron chi connectivity index (χ1n) is 17.4. The van der Waals surface area contributed by atoms with Gasteiger partial charge in [-0.05, 0) is 97.3 Å². The minimum absolute atomic E-state index is 0.0172. The highest BCUT2D eigenvalue weighted by Crippen LogP contribution is 2.32. The van der Waals surface area contributed by atoms with Gasteiger partial charge in [0.25, 0.3) is 5.91 Å². The van der Waals surface area contributed by atoms with E-state index < -0.39 is 5.97 Å². The molecule has 1 heterocycles. The Hall–Kier alpha value is -5.31. The van der Waals surface area contributed by atoms with Gasteiger partial charge in [0, 0.05) is 46.9 Å². The number of amides is 1. The van der Waals surface area contributed by atoms with Gasteiger partial charge in [-0.1, -0.05) is 35.9 Å². The van der Waals surface area contributed by atoms with E-state index in [9.17, 15) is 14.8 Å². The molecule has 0 aliphatic heterocycles. The molecule has 0 radical (unpaired) electrons. The van der Waals surface area contributed by atoms with Gasteiger partial charge < -0.3 is 39.2 Å². The van der Waals surface area contributed by atoms with Crippen LogP contribution in [0.4, 0.5) is 11.4 Å². The summed E-state index contributed by atoms with van der Waals surface area (Å²) >= 11 is 8.23. The predicted octanol–water partition coefficient (Wildman–Crippen LogP) is 7.78. The number of benzene rings is 4. The Balaban J connectivity index is 1.14. The lowest BCUT2D eigenvalue weighted by Gasteiger charge is -2.23. The number of hydrogen-bond donors (Lipinski definition) is 4. The van der Waals surface area contributed by atoms with Crippen molar-refractivity contribution in [2.45, 2.75) is 12.6 Å². The van der Waals surface area contributed by atoms with Gasteiger partial charge in [0.05, 0.1) is 31.0 Å². The summed E-state index contributed by atoms with van der Waals surface area (Å²) in [6, 6.07) is 27.3. The molecular formula is C41H45ClN4O8S. The van der Waals surface area contributed by atoms with Crippen molar-refractivity contribution in [1.82, 2.24) is 10.2 Å². The van der Waals surface area contributed by atoms with E-state index in [-0.39, 0.29) is 37.3 Å². The molecule has 290 valence electrons. The number of halogens is 1. The minimum Gasteiger partial charge on any atom is -0.493 e. The van der Waals surface area contributed by atoms with Gasteiger partial charge >= 0.3 is 5.97 Å². The zero-order valence-electron chi connectivity index (χ0n) is 31.1. The van der Waals surface area contributed by atoms with Crippen LogP contribution in [0.2, 0.25) is 5.02 Å². The summed E-state index contributed by atoms with van der Waals surface area (Å²) in [5, 5.41) is 18.0. The maximum Gasteiger partial charge on any atom is 0.340 e. The van der Waals surface area contributed by atoms with Gasteiger partial charge in [-0.25, -0.2) is 4.79 Å². The largest absolute Gasteiger partial charge is 0.493 e. The van der Waals surface area contributed by atoms with Crippen LogP contribution in [0.25, 0.3) is 11.1 Å². The van der Waals surface area contributed by atoms with Crippen LogP contribution in [-0.2, 0) is 16.1 Å². The third-order valence-electron chi connectivity index (χ3n) is 8.57. The summed E-state index contributed by atoms with van der Waals surface area (Å²) in [6.07, 6.45) is 0. The smallest absolute Gasteiger partial charge is 0.340 e. The molecule has 4 N–H and O–H groups in total. The number of nitrogens with one attached hydrogen (secondary N) is 3. The van der Waals surface area contributed by atoms with E-state index in [4.69, 9.17) is 35.3 Å². The maximum absolute atomic E-state index is 13.1. The average molecular weight is 789 g/mol. The number of nitrogens with zero attached hydrogens (tertiary/aromatic N) is 1. The van der Waals surface area contributed by atoms with Gasteiger partial charge in [-0.2, -0.15) is 0 Å². The third kappa shape index (κ3) is 11.4. The van der Waals surface area contributed by atoms with Crippen molar-refractivity contribution in [2.24, 2.45) is 0 Å². The van der Waals surface area contributed by atoms with E-state index in [1.165, 1.54) is 18.1 Å². The van der Waals surface area contributed by atoms with E-state index in [1.54, 1.807) is 48.8 Å². The SMILES string of the molecule is COCCNc1ccc(NO)cc1C(=O)OCCOc1ccc(-c2ccc(Cl)c(COc3ccc(C(=O)NCC(c4cccs4)N(C)C)cc3OC)c2)cc1. The zero-order valence-corrected chi connectivity index (χ0v) is 32.7. The second-order valence-corrected chi connectivity index (χ2v) is 13.9. The maximum atomic E-state index is 13.1. The molecular weight excluding hydrogens is 744 g/mol. The van der Waals surface area contributed by atoms with Gasteiger partial charge in [0.2, 0.25) is 0 Å². The van der Waals surface area contributed by atoms with Crippen LogP contribution in [0.1, 0.15) is 37.2 Å². The quantitative estimate of drug-likeness (QED) is 0.0349. The molecule has 0 spiro atoms. The number of carbonyl (C=O) groups excluding carboxylic acids is 2. The van der Waals surface area contributed by atoms with Crippen molar-refractivity contribution in [3.8, 4) is 28.4 Å². The Bertz CT molecular complexity index is 2010. The van der Waals surface area contributed by atoms with Crippen LogP contribution >= 0.6 is 22.9 Å². The number of carbonyl (C=O) groups is 2. The standard InChI is InChI=1S/C41H45ClN4O8S/c1-46(2)36(39-6-5-21-55-39)25-44-40(47)29-10-16-37(38(23-29)51-4)54-26-30-22-28(9-14-34(30)42)27-7-12-32(13-8-27)52-19-20-53-41(48)33-24-31(45-49)11-15-35(33)43-17-18-50-3/h5-16,21-24,36,43,45,49H,17-20,25-26H2,1-4H3,(H,44,47). The van der Waals surface area contributed by atoms with Crippen molar-refractivity contribution in [1.29, 1.82) is 0 Å². The molecule has 1 unspecified atom stereocenters. The van der Waals surface area contributed by atoms with Crippen LogP contribution in [0, 0.1) is 0 Å². The summed E-state index contributed by atoms with van der Waals surface area (Å²) in [7, 11) is 7.11. The summed E-state index contributed by atoms with van der Waals surface area (Å²) in [5.74, 6) is 0.752. The van der Waals surface area contributed by atoms with Gasteiger partial charge in [0.15, 0.2) is 11.5 Å². The van der Waals surface area contributed by atoms with E-state index >= 15 is 0 Å². The monoisotopic (exact) mass is 788 g/mol. The van der Waals surface area contributed by atoms with Gasteiger partial charge in [-0.3, -0.25) is 15.5 Å². The molecule has 4 aromatic carbocycles. The zero-order chi connectivity index (χ0) is 39.2. The predicted molar refractivity (Wildman–Crippen MR) is 215 cm³/mol. The normalized spacial score (nSPS) is 11.5. The number of anilines is 2. The van der Waals surface area contributed by atoms with Crippen LogP contribution in [0.3, 0.4) is 0 Å². The number of ether oxygens (including phenoxy) is 5. The molecule has 0 saturated heterocycles. The topological polar surface area (TPSA) is 140 Å². The van der Waals surface area contributed by atoms with Crippen molar-refractivity contribution in [3.63, 3.8) is 0 Å². The molecule has 0 aliphatic rings. The number of methoxy groups -OCH3 is 2. The first-order chi connectivity index (χ1) is 26.7. The molecule has 1 amide bonds.